The first-order valence-corrected chi connectivity index (χ1v) is 6.78. The fraction of sp³-hybridized carbons (Fsp3) is 0.294. The van der Waals surface area contributed by atoms with Crippen LogP contribution in [0.3, 0.4) is 0 Å². The molecule has 0 aliphatic heterocycles. The van der Waals surface area contributed by atoms with Crippen LogP contribution in [0, 0.1) is 0 Å². The Morgan fingerprint density at radius 3 is 2.11 bits per heavy atom. The smallest absolute Gasteiger partial charge is 0.0317 e. The minimum absolute atomic E-state index is 0.397. The van der Waals surface area contributed by atoms with Crippen LogP contribution in [0.25, 0.3) is 11.1 Å². The molecule has 2 rings (SSSR count). The standard InChI is InChI=1S/C17H22N2/c1-14(19(2)13-12-18)15-8-10-17(11-9-15)16-6-4-3-5-7-16/h3-11,14H,12-13,18H2,1-2H3. The highest BCUT2D eigenvalue weighted by molar-refractivity contribution is 5.63. The van der Waals surface area contributed by atoms with E-state index in [0.717, 1.165) is 6.54 Å². The van der Waals surface area contributed by atoms with Crippen molar-refractivity contribution in [1.29, 1.82) is 0 Å². The molecule has 0 saturated carbocycles. The highest BCUT2D eigenvalue weighted by Crippen LogP contribution is 2.23. The Labute approximate surface area is 115 Å². The summed E-state index contributed by atoms with van der Waals surface area (Å²) >= 11 is 0. The lowest BCUT2D eigenvalue weighted by molar-refractivity contribution is 0.269. The zero-order valence-electron chi connectivity index (χ0n) is 11.7. The van der Waals surface area contributed by atoms with Gasteiger partial charge in [0, 0.05) is 19.1 Å². The van der Waals surface area contributed by atoms with E-state index in [1.54, 1.807) is 0 Å². The summed E-state index contributed by atoms with van der Waals surface area (Å²) in [5, 5.41) is 0. The van der Waals surface area contributed by atoms with Gasteiger partial charge in [0.25, 0.3) is 0 Å². The van der Waals surface area contributed by atoms with E-state index >= 15 is 0 Å². The van der Waals surface area contributed by atoms with Crippen molar-refractivity contribution in [2.75, 3.05) is 20.1 Å². The van der Waals surface area contributed by atoms with Gasteiger partial charge in [-0.25, -0.2) is 0 Å². The molecule has 0 fully saturated rings. The largest absolute Gasteiger partial charge is 0.329 e. The number of nitrogens with zero attached hydrogens (tertiary/aromatic N) is 1. The molecule has 0 radical (unpaired) electrons. The lowest BCUT2D eigenvalue weighted by atomic mass is 10.0. The zero-order chi connectivity index (χ0) is 13.7. The van der Waals surface area contributed by atoms with Crippen LogP contribution in [0.2, 0.25) is 0 Å². The summed E-state index contributed by atoms with van der Waals surface area (Å²) in [6.45, 7) is 3.83. The second-order valence-electron chi connectivity index (χ2n) is 4.93. The molecule has 0 amide bonds. The molecule has 0 spiro atoms. The van der Waals surface area contributed by atoms with Crippen LogP contribution in [0.4, 0.5) is 0 Å². The SMILES string of the molecule is CC(c1ccc(-c2ccccc2)cc1)N(C)CCN. The molecule has 1 unspecified atom stereocenters. The summed E-state index contributed by atoms with van der Waals surface area (Å²) in [4.78, 5) is 2.28. The molecule has 1 atom stereocenters. The summed E-state index contributed by atoms with van der Waals surface area (Å²) in [6, 6.07) is 19.7. The Morgan fingerprint density at radius 1 is 0.947 bits per heavy atom. The molecule has 0 aromatic heterocycles. The van der Waals surface area contributed by atoms with Gasteiger partial charge in [0.05, 0.1) is 0 Å². The summed E-state index contributed by atoms with van der Waals surface area (Å²) < 4.78 is 0. The summed E-state index contributed by atoms with van der Waals surface area (Å²) in [7, 11) is 2.11. The van der Waals surface area contributed by atoms with Crippen molar-refractivity contribution >= 4 is 0 Å². The van der Waals surface area contributed by atoms with Gasteiger partial charge < -0.3 is 5.73 Å². The number of benzene rings is 2. The zero-order valence-corrected chi connectivity index (χ0v) is 11.7. The van der Waals surface area contributed by atoms with E-state index in [4.69, 9.17) is 5.73 Å². The van der Waals surface area contributed by atoms with Crippen LogP contribution in [-0.4, -0.2) is 25.0 Å². The van der Waals surface area contributed by atoms with Crippen LogP contribution in [-0.2, 0) is 0 Å². The first kappa shape index (κ1) is 13.8. The van der Waals surface area contributed by atoms with Gasteiger partial charge in [0.2, 0.25) is 0 Å². The van der Waals surface area contributed by atoms with Crippen LogP contribution in [0.15, 0.2) is 54.6 Å². The Hall–Kier alpha value is -1.64. The van der Waals surface area contributed by atoms with Gasteiger partial charge in [-0.1, -0.05) is 54.6 Å². The third-order valence-corrected chi connectivity index (χ3v) is 3.64. The molecular formula is C17H22N2. The van der Waals surface area contributed by atoms with Crippen LogP contribution < -0.4 is 5.73 Å². The highest BCUT2D eigenvalue weighted by atomic mass is 15.1. The molecule has 0 aliphatic rings. The van der Waals surface area contributed by atoms with Crippen molar-refractivity contribution < 1.29 is 0 Å². The third kappa shape index (κ3) is 3.43. The lowest BCUT2D eigenvalue weighted by Crippen LogP contribution is -2.28. The molecule has 2 N–H and O–H groups in total. The van der Waals surface area contributed by atoms with Crippen molar-refractivity contribution in [2.24, 2.45) is 5.73 Å². The molecule has 2 aromatic carbocycles. The van der Waals surface area contributed by atoms with Crippen LogP contribution in [0.1, 0.15) is 18.5 Å². The summed E-state index contributed by atoms with van der Waals surface area (Å²) in [5.74, 6) is 0. The maximum absolute atomic E-state index is 5.60. The Kier molecular flexibility index (Phi) is 4.72. The van der Waals surface area contributed by atoms with E-state index in [1.165, 1.54) is 16.7 Å². The first-order valence-electron chi connectivity index (χ1n) is 6.78. The first-order chi connectivity index (χ1) is 9.22. The molecule has 2 aromatic rings. The van der Waals surface area contributed by atoms with Crippen molar-refractivity contribution in [3.63, 3.8) is 0 Å². The van der Waals surface area contributed by atoms with Crippen molar-refractivity contribution in [3.8, 4) is 11.1 Å². The van der Waals surface area contributed by atoms with Crippen LogP contribution in [0.5, 0.6) is 0 Å². The maximum atomic E-state index is 5.60. The third-order valence-electron chi connectivity index (χ3n) is 3.64. The molecule has 100 valence electrons. The predicted octanol–water partition coefficient (Wildman–Crippen LogP) is 3.31. The van der Waals surface area contributed by atoms with Gasteiger partial charge in [-0.05, 0) is 30.7 Å². The fourth-order valence-corrected chi connectivity index (χ4v) is 2.24. The van der Waals surface area contributed by atoms with Crippen LogP contribution >= 0.6 is 0 Å². The lowest BCUT2D eigenvalue weighted by Gasteiger charge is -2.24. The summed E-state index contributed by atoms with van der Waals surface area (Å²) in [5.41, 5.74) is 9.46. The quantitative estimate of drug-likeness (QED) is 0.887. The molecule has 2 nitrogen and oxygen atoms in total. The number of rotatable bonds is 5. The van der Waals surface area contributed by atoms with Gasteiger partial charge in [0.15, 0.2) is 0 Å². The Balaban J connectivity index is 2.15. The number of hydrogen-bond acceptors (Lipinski definition) is 2. The van der Waals surface area contributed by atoms with Gasteiger partial charge in [-0.3, -0.25) is 4.90 Å². The Bertz CT molecular complexity index is 490. The van der Waals surface area contributed by atoms with E-state index in [0.29, 0.717) is 12.6 Å². The van der Waals surface area contributed by atoms with E-state index < -0.39 is 0 Å². The molecule has 0 aliphatic carbocycles. The van der Waals surface area contributed by atoms with E-state index in [-0.39, 0.29) is 0 Å². The number of likely N-dealkylation sites (N-methyl/N-ethyl adjacent to an activating group) is 1. The maximum Gasteiger partial charge on any atom is 0.0317 e. The van der Waals surface area contributed by atoms with E-state index in [1.807, 2.05) is 6.07 Å². The van der Waals surface area contributed by atoms with Gasteiger partial charge in [-0.15, -0.1) is 0 Å². The average Bonchev–Trinajstić information content (AvgIpc) is 2.48. The van der Waals surface area contributed by atoms with Crippen molar-refractivity contribution in [1.82, 2.24) is 4.90 Å². The predicted molar refractivity (Wildman–Crippen MR) is 82.0 cm³/mol. The molecule has 0 saturated heterocycles. The molecule has 2 heteroatoms. The second kappa shape index (κ2) is 6.50. The highest BCUT2D eigenvalue weighted by Gasteiger charge is 2.10. The van der Waals surface area contributed by atoms with E-state index in [9.17, 15) is 0 Å². The van der Waals surface area contributed by atoms with Gasteiger partial charge >= 0.3 is 0 Å². The molecular weight excluding hydrogens is 232 g/mol. The molecule has 19 heavy (non-hydrogen) atoms. The fourth-order valence-electron chi connectivity index (χ4n) is 2.24. The Morgan fingerprint density at radius 2 is 1.53 bits per heavy atom. The summed E-state index contributed by atoms with van der Waals surface area (Å²) in [6.07, 6.45) is 0. The normalized spacial score (nSPS) is 12.6. The number of nitrogens with two attached hydrogens (primary N) is 1. The average molecular weight is 254 g/mol. The van der Waals surface area contributed by atoms with Crippen molar-refractivity contribution in [2.45, 2.75) is 13.0 Å². The molecule has 0 bridgehead atoms. The second-order valence-corrected chi connectivity index (χ2v) is 4.93. The topological polar surface area (TPSA) is 29.3 Å². The minimum atomic E-state index is 0.397. The monoisotopic (exact) mass is 254 g/mol. The van der Waals surface area contributed by atoms with E-state index in [2.05, 4.69) is 67.4 Å². The molecule has 0 heterocycles. The number of hydrogen-bond donors (Lipinski definition) is 1. The van der Waals surface area contributed by atoms with Gasteiger partial charge in [0.1, 0.15) is 0 Å². The van der Waals surface area contributed by atoms with Crippen molar-refractivity contribution in [3.05, 3.63) is 60.2 Å². The minimum Gasteiger partial charge on any atom is -0.329 e. The van der Waals surface area contributed by atoms with Gasteiger partial charge in [-0.2, -0.15) is 0 Å².